The number of nitrogens with zero attached hydrogens (tertiary/aromatic N) is 3. The molecule has 0 saturated heterocycles. The summed E-state index contributed by atoms with van der Waals surface area (Å²) in [7, 11) is 1.57. The third kappa shape index (κ3) is 3.51. The highest BCUT2D eigenvalue weighted by Crippen LogP contribution is 2.27. The number of benzene rings is 2. The number of nitrogens with one attached hydrogen (secondary N) is 2. The summed E-state index contributed by atoms with van der Waals surface area (Å²) in [6.07, 6.45) is 3.08. The Hall–Kier alpha value is -4.46. The summed E-state index contributed by atoms with van der Waals surface area (Å²) in [6, 6.07) is 18.4. The van der Waals surface area contributed by atoms with Crippen molar-refractivity contribution in [2.45, 2.75) is 0 Å². The van der Waals surface area contributed by atoms with E-state index in [9.17, 15) is 4.79 Å². The maximum atomic E-state index is 12.5. The minimum absolute atomic E-state index is 0.193. The fourth-order valence-corrected chi connectivity index (χ4v) is 3.29. The van der Waals surface area contributed by atoms with E-state index in [1.807, 2.05) is 42.5 Å². The topological polar surface area (TPSA) is 105 Å². The normalized spacial score (nSPS) is 11.7. The van der Waals surface area contributed by atoms with E-state index in [1.165, 1.54) is 0 Å². The predicted octanol–water partition coefficient (Wildman–Crippen LogP) is 3.63. The van der Waals surface area contributed by atoms with Gasteiger partial charge in [-0.1, -0.05) is 24.3 Å². The maximum absolute atomic E-state index is 12.5. The molecular weight excluding hydrogens is 394 g/mol. The van der Waals surface area contributed by atoms with Crippen molar-refractivity contribution in [1.29, 1.82) is 0 Å². The molecule has 0 unspecified atom stereocenters. The molecule has 152 valence electrons. The van der Waals surface area contributed by atoms with Gasteiger partial charge in [0.15, 0.2) is 11.3 Å². The second kappa shape index (κ2) is 7.75. The fourth-order valence-electron chi connectivity index (χ4n) is 3.29. The van der Waals surface area contributed by atoms with E-state index >= 15 is 0 Å². The van der Waals surface area contributed by atoms with E-state index in [0.29, 0.717) is 28.3 Å². The first-order valence-corrected chi connectivity index (χ1v) is 9.53. The number of carbonyl (C=O) groups excluding carboxylic acids is 1. The highest BCUT2D eigenvalue weighted by Gasteiger charge is 2.14. The molecule has 8 nitrogen and oxygen atoms in total. The number of fused-ring (bicyclic) bond motifs is 2. The molecule has 0 atom stereocenters. The van der Waals surface area contributed by atoms with Gasteiger partial charge in [0.1, 0.15) is 5.82 Å². The number of H-pyrrole nitrogens is 1. The largest absolute Gasteiger partial charge is 0.493 e. The lowest BCUT2D eigenvalue weighted by molar-refractivity contribution is 0.0951. The number of imidazole rings is 1. The quantitative estimate of drug-likeness (QED) is 0.440. The van der Waals surface area contributed by atoms with Gasteiger partial charge in [0.25, 0.3) is 5.91 Å². The Labute approximate surface area is 176 Å². The first-order valence-electron chi connectivity index (χ1n) is 9.53. The van der Waals surface area contributed by atoms with Crippen molar-refractivity contribution in [3.05, 3.63) is 84.2 Å². The van der Waals surface area contributed by atoms with Crippen LogP contribution in [0.4, 0.5) is 0 Å². The Bertz CT molecular complexity index is 1440. The molecule has 0 aliphatic carbocycles. The van der Waals surface area contributed by atoms with Crippen molar-refractivity contribution in [2.75, 3.05) is 7.11 Å². The van der Waals surface area contributed by atoms with Gasteiger partial charge in [-0.05, 0) is 36.4 Å². The molecular formula is C23H17N5O3. The monoisotopic (exact) mass is 411 g/mol. The summed E-state index contributed by atoms with van der Waals surface area (Å²) in [4.78, 5) is 24.3. The molecule has 2 aromatic carbocycles. The molecule has 0 aliphatic heterocycles. The van der Waals surface area contributed by atoms with E-state index in [0.717, 1.165) is 16.4 Å². The number of hydrogen-bond acceptors (Lipinski definition) is 6. The van der Waals surface area contributed by atoms with Gasteiger partial charge in [-0.25, -0.2) is 10.4 Å². The van der Waals surface area contributed by atoms with Crippen molar-refractivity contribution in [3.8, 4) is 17.1 Å². The number of aromatic amines is 1. The molecule has 3 heterocycles. The molecule has 3 aromatic heterocycles. The van der Waals surface area contributed by atoms with Crippen LogP contribution in [-0.4, -0.2) is 28.0 Å². The van der Waals surface area contributed by atoms with Gasteiger partial charge in [0.2, 0.25) is 5.55 Å². The Morgan fingerprint density at radius 3 is 2.74 bits per heavy atom. The average Bonchev–Trinajstić information content (AvgIpc) is 3.26. The van der Waals surface area contributed by atoms with Crippen molar-refractivity contribution < 1.29 is 13.9 Å². The van der Waals surface area contributed by atoms with Gasteiger partial charge in [0.05, 0.1) is 23.7 Å². The zero-order valence-electron chi connectivity index (χ0n) is 16.5. The van der Waals surface area contributed by atoms with E-state index in [-0.39, 0.29) is 11.5 Å². The van der Waals surface area contributed by atoms with Crippen molar-refractivity contribution in [2.24, 2.45) is 5.10 Å². The van der Waals surface area contributed by atoms with Crippen molar-refractivity contribution in [3.63, 3.8) is 0 Å². The summed E-state index contributed by atoms with van der Waals surface area (Å²) < 4.78 is 11.5. The molecule has 0 fully saturated rings. The zero-order valence-corrected chi connectivity index (χ0v) is 16.5. The SMILES string of the molecule is COc1cccc2cc(-c3nc4ccccc4[nH]3)c(=NNC(=O)c3ccncc3)oc12. The lowest BCUT2D eigenvalue weighted by atomic mass is 10.1. The van der Waals surface area contributed by atoms with E-state index in [2.05, 4.69) is 25.5 Å². The van der Waals surface area contributed by atoms with Crippen LogP contribution in [0.15, 0.2) is 82.6 Å². The highest BCUT2D eigenvalue weighted by molar-refractivity contribution is 5.93. The molecule has 31 heavy (non-hydrogen) atoms. The molecule has 0 radical (unpaired) electrons. The first kappa shape index (κ1) is 18.6. The molecule has 5 rings (SSSR count). The highest BCUT2D eigenvalue weighted by atomic mass is 16.5. The van der Waals surface area contributed by atoms with E-state index < -0.39 is 0 Å². The lowest BCUT2D eigenvalue weighted by Gasteiger charge is -2.07. The van der Waals surface area contributed by atoms with Crippen LogP contribution in [0.5, 0.6) is 5.75 Å². The number of rotatable bonds is 4. The minimum atomic E-state index is -0.381. The number of methoxy groups -OCH3 is 1. The van der Waals surface area contributed by atoms with Crippen LogP contribution in [0.2, 0.25) is 0 Å². The molecule has 2 N–H and O–H groups in total. The third-order valence-corrected chi connectivity index (χ3v) is 4.80. The Balaban J connectivity index is 1.68. The van der Waals surface area contributed by atoms with Gasteiger partial charge in [0, 0.05) is 23.3 Å². The smallest absolute Gasteiger partial charge is 0.271 e. The number of para-hydroxylation sites is 3. The Morgan fingerprint density at radius 1 is 1.10 bits per heavy atom. The number of carbonyl (C=O) groups is 1. The summed E-state index contributed by atoms with van der Waals surface area (Å²) in [6.45, 7) is 0. The third-order valence-electron chi connectivity index (χ3n) is 4.80. The maximum Gasteiger partial charge on any atom is 0.271 e. The number of aromatic nitrogens is 3. The molecule has 1 amide bonds. The van der Waals surface area contributed by atoms with Crippen LogP contribution in [0.25, 0.3) is 33.4 Å². The summed E-state index contributed by atoms with van der Waals surface area (Å²) >= 11 is 0. The van der Waals surface area contributed by atoms with Gasteiger partial charge in [-0.3, -0.25) is 9.78 Å². The van der Waals surface area contributed by atoms with Crippen molar-refractivity contribution in [1.82, 2.24) is 20.4 Å². The van der Waals surface area contributed by atoms with Gasteiger partial charge in [-0.2, -0.15) is 0 Å². The summed E-state index contributed by atoms with van der Waals surface area (Å²) in [5.41, 5.74) is 5.99. The minimum Gasteiger partial charge on any atom is -0.493 e. The predicted molar refractivity (Wildman–Crippen MR) is 115 cm³/mol. The Morgan fingerprint density at radius 2 is 1.94 bits per heavy atom. The van der Waals surface area contributed by atoms with Crippen LogP contribution in [0, 0.1) is 0 Å². The Kier molecular flexibility index (Phi) is 4.64. The zero-order chi connectivity index (χ0) is 21.2. The molecule has 0 spiro atoms. The fraction of sp³-hybridized carbons (Fsp3) is 0.0435. The van der Waals surface area contributed by atoms with Gasteiger partial charge < -0.3 is 14.1 Å². The number of hydrogen-bond donors (Lipinski definition) is 2. The van der Waals surface area contributed by atoms with Crippen LogP contribution in [-0.2, 0) is 0 Å². The molecule has 5 aromatic rings. The molecule has 0 aliphatic rings. The van der Waals surface area contributed by atoms with Gasteiger partial charge >= 0.3 is 0 Å². The van der Waals surface area contributed by atoms with Crippen LogP contribution in [0.3, 0.4) is 0 Å². The summed E-state index contributed by atoms with van der Waals surface area (Å²) in [5, 5.41) is 5.07. The number of ether oxygens (including phenoxy) is 1. The van der Waals surface area contributed by atoms with Crippen molar-refractivity contribution >= 4 is 27.9 Å². The first-order chi connectivity index (χ1) is 15.2. The lowest BCUT2D eigenvalue weighted by Crippen LogP contribution is -2.22. The number of pyridine rings is 1. The van der Waals surface area contributed by atoms with E-state index in [4.69, 9.17) is 9.15 Å². The summed E-state index contributed by atoms with van der Waals surface area (Å²) in [5.74, 6) is 0.755. The van der Waals surface area contributed by atoms with E-state index in [1.54, 1.807) is 37.7 Å². The standard InChI is InChI=1S/C23H17N5O3/c1-30-19-8-4-5-15-13-16(21-25-17-6-2-3-7-18(17)26-21)23(31-20(15)19)28-27-22(29)14-9-11-24-12-10-14/h2-13H,1H3,(H,25,26)(H,27,29). The molecule has 0 saturated carbocycles. The van der Waals surface area contributed by atoms with Crippen LogP contribution < -0.4 is 15.7 Å². The second-order valence-corrected chi connectivity index (χ2v) is 6.74. The number of amides is 1. The molecule has 8 heteroatoms. The van der Waals surface area contributed by atoms with Gasteiger partial charge in [-0.15, -0.1) is 5.10 Å². The average molecular weight is 411 g/mol. The second-order valence-electron chi connectivity index (χ2n) is 6.74. The molecule has 0 bridgehead atoms. The van der Waals surface area contributed by atoms with Crippen LogP contribution >= 0.6 is 0 Å². The van der Waals surface area contributed by atoms with Crippen LogP contribution in [0.1, 0.15) is 10.4 Å².